The Hall–Kier alpha value is -1.55. The van der Waals surface area contributed by atoms with Crippen molar-refractivity contribution in [3.8, 4) is 0 Å². The molecular formula is C13H17NO3. The van der Waals surface area contributed by atoms with Gasteiger partial charge in [0.15, 0.2) is 0 Å². The Morgan fingerprint density at radius 1 is 1.41 bits per heavy atom. The lowest BCUT2D eigenvalue weighted by molar-refractivity contribution is 0.141. The number of epoxide rings is 1. The molecule has 17 heavy (non-hydrogen) atoms. The van der Waals surface area contributed by atoms with Crippen molar-refractivity contribution in [2.45, 2.75) is 25.5 Å². The molecule has 0 radical (unpaired) electrons. The van der Waals surface area contributed by atoms with E-state index < -0.39 is 6.09 Å². The highest BCUT2D eigenvalue weighted by atomic mass is 16.6. The maximum atomic E-state index is 11.1. The summed E-state index contributed by atoms with van der Waals surface area (Å²) >= 11 is 0. The molecule has 1 fully saturated rings. The first-order valence-electron chi connectivity index (χ1n) is 5.89. The molecule has 4 heteroatoms. The number of benzene rings is 1. The molecule has 1 unspecified atom stereocenters. The highest BCUT2D eigenvalue weighted by molar-refractivity contribution is 5.64. The van der Waals surface area contributed by atoms with Crippen LogP contribution in [0.25, 0.3) is 0 Å². The fourth-order valence-electron chi connectivity index (χ4n) is 1.79. The van der Waals surface area contributed by atoms with E-state index in [9.17, 15) is 4.79 Å². The highest BCUT2D eigenvalue weighted by Crippen LogP contribution is 2.16. The van der Waals surface area contributed by atoms with Crippen LogP contribution >= 0.6 is 0 Å². The normalized spacial score (nSPS) is 17.8. The molecule has 1 aliphatic rings. The summed E-state index contributed by atoms with van der Waals surface area (Å²) in [7, 11) is 0. The molecular weight excluding hydrogens is 218 g/mol. The molecule has 1 atom stereocenters. The van der Waals surface area contributed by atoms with E-state index in [1.165, 1.54) is 4.90 Å². The number of amides is 1. The van der Waals surface area contributed by atoms with E-state index in [-0.39, 0.29) is 0 Å². The van der Waals surface area contributed by atoms with E-state index in [2.05, 4.69) is 0 Å². The summed E-state index contributed by atoms with van der Waals surface area (Å²) < 4.78 is 5.10. The fraction of sp³-hybridized carbons (Fsp3) is 0.462. The van der Waals surface area contributed by atoms with Crippen LogP contribution in [0, 0.1) is 0 Å². The molecule has 0 saturated carbocycles. The molecule has 1 N–H and O–H groups in total. The van der Waals surface area contributed by atoms with Crippen molar-refractivity contribution in [1.82, 2.24) is 4.90 Å². The zero-order chi connectivity index (χ0) is 12.1. The molecule has 2 rings (SSSR count). The van der Waals surface area contributed by atoms with Gasteiger partial charge in [0, 0.05) is 13.1 Å². The minimum atomic E-state index is -0.856. The number of carbonyl (C=O) groups is 1. The monoisotopic (exact) mass is 235 g/mol. The molecule has 0 aliphatic carbocycles. The standard InChI is InChI=1S/C13H17NO3/c15-13(16)14(8-4-7-12-10-17-12)9-11-5-2-1-3-6-11/h1-3,5-6,12H,4,7-10H2,(H,15,16). The van der Waals surface area contributed by atoms with E-state index in [1.807, 2.05) is 30.3 Å². The van der Waals surface area contributed by atoms with E-state index in [0.717, 1.165) is 25.0 Å². The van der Waals surface area contributed by atoms with E-state index in [4.69, 9.17) is 9.84 Å². The van der Waals surface area contributed by atoms with Gasteiger partial charge in [0.1, 0.15) is 0 Å². The van der Waals surface area contributed by atoms with Crippen molar-refractivity contribution in [2.24, 2.45) is 0 Å². The van der Waals surface area contributed by atoms with Gasteiger partial charge in [0.2, 0.25) is 0 Å². The average molecular weight is 235 g/mol. The zero-order valence-corrected chi connectivity index (χ0v) is 9.71. The van der Waals surface area contributed by atoms with Gasteiger partial charge in [0.25, 0.3) is 0 Å². The molecule has 92 valence electrons. The number of ether oxygens (including phenoxy) is 1. The Balaban J connectivity index is 1.81. The smallest absolute Gasteiger partial charge is 0.407 e. The van der Waals surface area contributed by atoms with Crippen LogP contribution in [-0.2, 0) is 11.3 Å². The topological polar surface area (TPSA) is 53.1 Å². The summed E-state index contributed by atoms with van der Waals surface area (Å²) in [6, 6.07) is 9.67. The van der Waals surface area contributed by atoms with Gasteiger partial charge in [-0.2, -0.15) is 0 Å². The van der Waals surface area contributed by atoms with Crippen LogP contribution in [0.15, 0.2) is 30.3 Å². The molecule has 1 aromatic rings. The van der Waals surface area contributed by atoms with Gasteiger partial charge in [-0.1, -0.05) is 30.3 Å². The Morgan fingerprint density at radius 3 is 2.71 bits per heavy atom. The Morgan fingerprint density at radius 2 is 2.12 bits per heavy atom. The fourth-order valence-corrected chi connectivity index (χ4v) is 1.79. The molecule has 1 aromatic carbocycles. The molecule has 0 bridgehead atoms. The first-order valence-corrected chi connectivity index (χ1v) is 5.89. The number of nitrogens with zero attached hydrogens (tertiary/aromatic N) is 1. The van der Waals surface area contributed by atoms with Gasteiger partial charge < -0.3 is 14.7 Å². The van der Waals surface area contributed by atoms with Crippen LogP contribution in [0.5, 0.6) is 0 Å². The summed E-state index contributed by atoms with van der Waals surface area (Å²) in [6.45, 7) is 1.87. The van der Waals surface area contributed by atoms with Crippen LogP contribution in [0.3, 0.4) is 0 Å². The van der Waals surface area contributed by atoms with Gasteiger partial charge in [-0.25, -0.2) is 4.79 Å². The summed E-state index contributed by atoms with van der Waals surface area (Å²) in [5.41, 5.74) is 1.03. The number of hydrogen-bond donors (Lipinski definition) is 1. The number of rotatable bonds is 6. The lowest BCUT2D eigenvalue weighted by atomic mass is 10.2. The van der Waals surface area contributed by atoms with Crippen molar-refractivity contribution in [2.75, 3.05) is 13.2 Å². The predicted octanol–water partition coefficient (Wildman–Crippen LogP) is 2.35. The van der Waals surface area contributed by atoms with E-state index in [0.29, 0.717) is 19.2 Å². The third kappa shape index (κ3) is 4.07. The molecule has 1 heterocycles. The first-order chi connectivity index (χ1) is 8.25. The Labute approximate surface area is 101 Å². The summed E-state index contributed by atoms with van der Waals surface area (Å²) in [5, 5.41) is 9.11. The van der Waals surface area contributed by atoms with Crippen molar-refractivity contribution in [3.05, 3.63) is 35.9 Å². The minimum Gasteiger partial charge on any atom is -0.465 e. The second-order valence-corrected chi connectivity index (χ2v) is 4.29. The number of carboxylic acid groups (broad SMARTS) is 1. The van der Waals surface area contributed by atoms with Gasteiger partial charge in [0.05, 0.1) is 12.7 Å². The van der Waals surface area contributed by atoms with Gasteiger partial charge in [-0.3, -0.25) is 0 Å². The third-order valence-electron chi connectivity index (χ3n) is 2.84. The summed E-state index contributed by atoms with van der Waals surface area (Å²) in [6.07, 6.45) is 1.34. The minimum absolute atomic E-state index is 0.377. The van der Waals surface area contributed by atoms with Gasteiger partial charge in [-0.15, -0.1) is 0 Å². The lowest BCUT2D eigenvalue weighted by Crippen LogP contribution is -2.30. The van der Waals surface area contributed by atoms with Gasteiger partial charge >= 0.3 is 6.09 Å². The second-order valence-electron chi connectivity index (χ2n) is 4.29. The Kier molecular flexibility index (Phi) is 3.98. The highest BCUT2D eigenvalue weighted by Gasteiger charge is 2.22. The van der Waals surface area contributed by atoms with E-state index >= 15 is 0 Å². The summed E-state index contributed by atoms with van der Waals surface area (Å²) in [5.74, 6) is 0. The molecule has 1 amide bonds. The third-order valence-corrected chi connectivity index (χ3v) is 2.84. The van der Waals surface area contributed by atoms with Crippen molar-refractivity contribution in [3.63, 3.8) is 0 Å². The van der Waals surface area contributed by atoms with Crippen LogP contribution in [0.4, 0.5) is 4.79 Å². The molecule has 1 saturated heterocycles. The predicted molar refractivity (Wildman–Crippen MR) is 63.9 cm³/mol. The van der Waals surface area contributed by atoms with Crippen LogP contribution in [-0.4, -0.2) is 35.4 Å². The lowest BCUT2D eigenvalue weighted by Gasteiger charge is -2.18. The number of hydrogen-bond acceptors (Lipinski definition) is 2. The maximum Gasteiger partial charge on any atom is 0.407 e. The van der Waals surface area contributed by atoms with Crippen LogP contribution in [0.1, 0.15) is 18.4 Å². The Bertz CT molecular complexity index is 362. The SMILES string of the molecule is O=C(O)N(CCCC1CO1)Cc1ccccc1. The zero-order valence-electron chi connectivity index (χ0n) is 9.71. The maximum absolute atomic E-state index is 11.1. The largest absolute Gasteiger partial charge is 0.465 e. The van der Waals surface area contributed by atoms with Gasteiger partial charge in [-0.05, 0) is 18.4 Å². The first kappa shape index (κ1) is 11.9. The van der Waals surface area contributed by atoms with Crippen LogP contribution in [0.2, 0.25) is 0 Å². The van der Waals surface area contributed by atoms with Crippen molar-refractivity contribution >= 4 is 6.09 Å². The molecule has 0 aromatic heterocycles. The summed E-state index contributed by atoms with van der Waals surface area (Å²) in [4.78, 5) is 12.5. The molecule has 4 nitrogen and oxygen atoms in total. The van der Waals surface area contributed by atoms with Crippen molar-refractivity contribution < 1.29 is 14.6 Å². The van der Waals surface area contributed by atoms with Crippen LogP contribution < -0.4 is 0 Å². The molecule has 0 spiro atoms. The van der Waals surface area contributed by atoms with Crippen molar-refractivity contribution in [1.29, 1.82) is 0 Å². The van der Waals surface area contributed by atoms with E-state index in [1.54, 1.807) is 0 Å². The quantitative estimate of drug-likeness (QED) is 0.770. The average Bonchev–Trinajstić information content (AvgIpc) is 3.13. The molecule has 1 aliphatic heterocycles. The second kappa shape index (κ2) is 5.68.